The quantitative estimate of drug-likeness (QED) is 0.706. The number of para-hydroxylation sites is 2. The zero-order valence-electron chi connectivity index (χ0n) is 14.0. The van der Waals surface area contributed by atoms with Gasteiger partial charge in [0.25, 0.3) is 0 Å². The number of nitrogens with zero attached hydrogens (tertiary/aromatic N) is 2. The number of hydrogen-bond acceptors (Lipinski definition) is 4. The van der Waals surface area contributed by atoms with E-state index in [2.05, 4.69) is 10.3 Å². The Morgan fingerprint density at radius 3 is 2.36 bits per heavy atom. The summed E-state index contributed by atoms with van der Waals surface area (Å²) in [5, 5.41) is 3.60. The first-order chi connectivity index (χ1) is 12.2. The zero-order chi connectivity index (χ0) is 17.2. The Balaban J connectivity index is 1.68. The predicted octanol–water partition coefficient (Wildman–Crippen LogP) is 4.05. The SMILES string of the molecule is Cc1nc2ccccc2nc1SC(C(=O)NC1CC1)c1ccccc1. The van der Waals surface area contributed by atoms with Gasteiger partial charge in [-0.25, -0.2) is 9.97 Å². The summed E-state index contributed by atoms with van der Waals surface area (Å²) in [7, 11) is 0. The van der Waals surface area contributed by atoms with E-state index < -0.39 is 0 Å². The summed E-state index contributed by atoms with van der Waals surface area (Å²) in [5.74, 6) is 0.0491. The van der Waals surface area contributed by atoms with Crippen LogP contribution >= 0.6 is 11.8 Å². The van der Waals surface area contributed by atoms with Crippen molar-refractivity contribution in [3.8, 4) is 0 Å². The topological polar surface area (TPSA) is 54.9 Å². The number of nitrogens with one attached hydrogen (secondary N) is 1. The smallest absolute Gasteiger partial charge is 0.238 e. The maximum Gasteiger partial charge on any atom is 0.238 e. The van der Waals surface area contributed by atoms with Crippen molar-refractivity contribution >= 4 is 28.7 Å². The van der Waals surface area contributed by atoms with Crippen LogP contribution in [0.2, 0.25) is 0 Å². The van der Waals surface area contributed by atoms with Gasteiger partial charge in [-0.1, -0.05) is 54.2 Å². The van der Waals surface area contributed by atoms with Crippen LogP contribution in [0.15, 0.2) is 59.6 Å². The number of aryl methyl sites for hydroxylation is 1. The molecule has 5 heteroatoms. The molecule has 0 saturated heterocycles. The molecule has 1 atom stereocenters. The highest BCUT2D eigenvalue weighted by atomic mass is 32.2. The lowest BCUT2D eigenvalue weighted by Crippen LogP contribution is -2.29. The molecule has 3 aromatic rings. The monoisotopic (exact) mass is 349 g/mol. The van der Waals surface area contributed by atoms with E-state index >= 15 is 0 Å². The minimum Gasteiger partial charge on any atom is -0.352 e. The lowest BCUT2D eigenvalue weighted by molar-refractivity contribution is -0.120. The van der Waals surface area contributed by atoms with E-state index in [0.29, 0.717) is 6.04 Å². The molecule has 2 aromatic carbocycles. The summed E-state index contributed by atoms with van der Waals surface area (Å²) >= 11 is 1.48. The third-order valence-corrected chi connectivity index (χ3v) is 5.53. The van der Waals surface area contributed by atoms with Gasteiger partial charge in [-0.2, -0.15) is 0 Å². The predicted molar refractivity (Wildman–Crippen MR) is 100 cm³/mol. The lowest BCUT2D eigenvalue weighted by Gasteiger charge is -2.17. The van der Waals surface area contributed by atoms with Gasteiger partial charge >= 0.3 is 0 Å². The summed E-state index contributed by atoms with van der Waals surface area (Å²) in [4.78, 5) is 22.2. The second kappa shape index (κ2) is 6.84. The van der Waals surface area contributed by atoms with E-state index in [-0.39, 0.29) is 11.2 Å². The highest BCUT2D eigenvalue weighted by Crippen LogP contribution is 2.37. The molecular weight excluding hydrogens is 330 g/mol. The van der Waals surface area contributed by atoms with Gasteiger partial charge in [0, 0.05) is 6.04 Å². The van der Waals surface area contributed by atoms with Gasteiger partial charge in [-0.15, -0.1) is 0 Å². The Hall–Kier alpha value is -2.40. The molecule has 1 fully saturated rings. The maximum absolute atomic E-state index is 12.8. The molecule has 4 rings (SSSR count). The van der Waals surface area contributed by atoms with Crippen molar-refractivity contribution in [1.82, 2.24) is 15.3 Å². The largest absolute Gasteiger partial charge is 0.352 e. The molecule has 1 unspecified atom stereocenters. The normalized spacial score (nSPS) is 15.1. The van der Waals surface area contributed by atoms with Gasteiger partial charge in [0.15, 0.2) is 0 Å². The highest BCUT2D eigenvalue weighted by molar-refractivity contribution is 8.00. The molecule has 25 heavy (non-hydrogen) atoms. The summed E-state index contributed by atoms with van der Waals surface area (Å²) in [6.07, 6.45) is 2.15. The van der Waals surface area contributed by atoms with Gasteiger partial charge in [-0.3, -0.25) is 4.79 Å². The van der Waals surface area contributed by atoms with E-state index in [1.807, 2.05) is 61.5 Å². The van der Waals surface area contributed by atoms with Gasteiger partial charge in [0.05, 0.1) is 16.7 Å². The van der Waals surface area contributed by atoms with Crippen LogP contribution in [-0.2, 0) is 4.79 Å². The summed E-state index contributed by atoms with van der Waals surface area (Å²) in [6.45, 7) is 1.95. The molecule has 1 aliphatic rings. The Morgan fingerprint density at radius 2 is 1.68 bits per heavy atom. The van der Waals surface area contributed by atoms with Crippen LogP contribution in [0, 0.1) is 6.92 Å². The molecule has 1 aromatic heterocycles. The van der Waals surface area contributed by atoms with E-state index in [9.17, 15) is 4.79 Å². The number of rotatable bonds is 5. The number of amides is 1. The molecule has 1 heterocycles. The van der Waals surface area contributed by atoms with Crippen molar-refractivity contribution < 1.29 is 4.79 Å². The third-order valence-electron chi connectivity index (χ3n) is 4.20. The van der Waals surface area contributed by atoms with Gasteiger partial charge in [0.1, 0.15) is 10.3 Å². The van der Waals surface area contributed by atoms with E-state index in [4.69, 9.17) is 4.98 Å². The first-order valence-electron chi connectivity index (χ1n) is 8.46. The van der Waals surface area contributed by atoms with Gasteiger partial charge < -0.3 is 5.32 Å². The van der Waals surface area contributed by atoms with Crippen LogP contribution < -0.4 is 5.32 Å². The van der Waals surface area contributed by atoms with Crippen molar-refractivity contribution in [3.05, 3.63) is 65.9 Å². The molecule has 126 valence electrons. The zero-order valence-corrected chi connectivity index (χ0v) is 14.8. The molecule has 0 aliphatic heterocycles. The molecule has 0 radical (unpaired) electrons. The average molecular weight is 349 g/mol. The minimum atomic E-state index is -0.323. The molecule has 1 amide bonds. The molecule has 4 nitrogen and oxygen atoms in total. The second-order valence-electron chi connectivity index (χ2n) is 6.29. The maximum atomic E-state index is 12.8. The fourth-order valence-corrected chi connectivity index (χ4v) is 3.76. The van der Waals surface area contributed by atoms with E-state index in [1.165, 1.54) is 11.8 Å². The number of hydrogen-bond donors (Lipinski definition) is 1. The fourth-order valence-electron chi connectivity index (χ4n) is 2.70. The third kappa shape index (κ3) is 3.66. The minimum absolute atomic E-state index is 0.0491. The van der Waals surface area contributed by atoms with Crippen LogP contribution in [0.25, 0.3) is 11.0 Å². The molecular formula is C20H19N3OS. The molecule has 1 saturated carbocycles. The number of fused-ring (bicyclic) bond motifs is 1. The van der Waals surface area contributed by atoms with Crippen molar-refractivity contribution in [2.24, 2.45) is 0 Å². The number of carbonyl (C=O) groups is 1. The Kier molecular flexibility index (Phi) is 4.40. The number of thioether (sulfide) groups is 1. The van der Waals surface area contributed by atoms with E-state index in [0.717, 1.165) is 40.2 Å². The number of carbonyl (C=O) groups excluding carboxylic acids is 1. The van der Waals surface area contributed by atoms with Crippen molar-refractivity contribution in [2.75, 3.05) is 0 Å². The van der Waals surface area contributed by atoms with E-state index in [1.54, 1.807) is 0 Å². The first-order valence-corrected chi connectivity index (χ1v) is 9.34. The second-order valence-corrected chi connectivity index (χ2v) is 7.39. The molecule has 0 bridgehead atoms. The van der Waals surface area contributed by atoms with Crippen LogP contribution in [0.4, 0.5) is 0 Å². The van der Waals surface area contributed by atoms with Crippen LogP contribution in [0.3, 0.4) is 0 Å². The Bertz CT molecular complexity index is 909. The summed E-state index contributed by atoms with van der Waals surface area (Å²) in [6, 6.07) is 18.0. The van der Waals surface area contributed by atoms with Crippen molar-refractivity contribution in [1.29, 1.82) is 0 Å². The molecule has 1 N–H and O–H groups in total. The van der Waals surface area contributed by atoms with Crippen molar-refractivity contribution in [2.45, 2.75) is 36.1 Å². The Labute approximate surface area is 151 Å². The Morgan fingerprint density at radius 1 is 1.04 bits per heavy atom. The summed E-state index contributed by atoms with van der Waals surface area (Å²) < 4.78 is 0. The standard InChI is InChI=1S/C20H19N3OS/c1-13-20(23-17-10-6-5-9-16(17)21-13)25-18(14-7-3-2-4-8-14)19(24)22-15-11-12-15/h2-10,15,18H,11-12H2,1H3,(H,22,24). The average Bonchev–Trinajstić information content (AvgIpc) is 3.44. The molecule has 0 spiro atoms. The number of aromatic nitrogens is 2. The van der Waals surface area contributed by atoms with Gasteiger partial charge in [-0.05, 0) is 37.5 Å². The number of benzene rings is 2. The highest BCUT2D eigenvalue weighted by Gasteiger charge is 2.29. The fraction of sp³-hybridized carbons (Fsp3) is 0.250. The van der Waals surface area contributed by atoms with Crippen LogP contribution in [-0.4, -0.2) is 21.9 Å². The van der Waals surface area contributed by atoms with Crippen LogP contribution in [0.1, 0.15) is 29.3 Å². The van der Waals surface area contributed by atoms with Crippen LogP contribution in [0.5, 0.6) is 0 Å². The summed E-state index contributed by atoms with van der Waals surface area (Å²) in [5.41, 5.74) is 3.57. The van der Waals surface area contributed by atoms with Gasteiger partial charge in [0.2, 0.25) is 5.91 Å². The molecule has 1 aliphatic carbocycles. The lowest BCUT2D eigenvalue weighted by atomic mass is 10.1. The first kappa shape index (κ1) is 16.1. The van der Waals surface area contributed by atoms with Crippen molar-refractivity contribution in [3.63, 3.8) is 0 Å².